The van der Waals surface area contributed by atoms with Crippen LogP contribution < -0.4 is 5.56 Å². The first-order valence-electron chi connectivity index (χ1n) is 18.0. The molecule has 0 aliphatic carbocycles. The molecule has 1 amide bonds. The number of benzene rings is 2. The Morgan fingerprint density at radius 3 is 2.42 bits per heavy atom. The summed E-state index contributed by atoms with van der Waals surface area (Å²) >= 11 is 1.72. The molecular weight excluding hydrogens is 671 g/mol. The van der Waals surface area contributed by atoms with Gasteiger partial charge in [-0.05, 0) is 75.5 Å². The maximum atomic E-state index is 14.3. The largest absolute Gasteiger partial charge is 0.388 e. The fourth-order valence-electron chi connectivity index (χ4n) is 7.81. The Labute approximate surface area is 307 Å². The van der Waals surface area contributed by atoms with E-state index in [9.17, 15) is 14.7 Å². The summed E-state index contributed by atoms with van der Waals surface area (Å²) in [7, 11) is 0. The van der Waals surface area contributed by atoms with E-state index in [-0.39, 0.29) is 29.8 Å². The highest BCUT2D eigenvalue weighted by Crippen LogP contribution is 2.37. The maximum absolute atomic E-state index is 14.3. The molecule has 2 atom stereocenters. The number of aryl methyl sites for hydroxylation is 2. The highest BCUT2D eigenvalue weighted by atomic mass is 32.1. The van der Waals surface area contributed by atoms with Gasteiger partial charge in [0.1, 0.15) is 11.3 Å². The molecule has 0 saturated carbocycles. The number of rotatable bonds is 8. The zero-order valence-corrected chi connectivity index (χ0v) is 30.4. The molecule has 2 aliphatic heterocycles. The number of carbonyl (C=O) groups excluding carboxylic acids is 1. The maximum Gasteiger partial charge on any atom is 0.262 e. The van der Waals surface area contributed by atoms with Crippen molar-refractivity contribution >= 4 is 28.3 Å². The fraction of sp³-hybridized carbons (Fsp3) is 0.341. The van der Waals surface area contributed by atoms with Crippen LogP contribution in [0, 0.1) is 19.8 Å². The molecule has 11 heteroatoms. The number of carbonyl (C=O) groups is 1. The summed E-state index contributed by atoms with van der Waals surface area (Å²) in [6.07, 6.45) is 6.83. The van der Waals surface area contributed by atoms with Crippen LogP contribution in [0.2, 0.25) is 0 Å². The van der Waals surface area contributed by atoms with E-state index in [1.54, 1.807) is 17.4 Å². The number of para-hydroxylation sites is 1. The molecule has 0 unspecified atom stereocenters. The molecular formula is C41H43N7O3S. The Bertz CT molecular complexity index is 2240. The number of likely N-dealkylation sites (tertiary alicyclic amines) is 2. The second-order valence-electron chi connectivity index (χ2n) is 14.3. The highest BCUT2D eigenvalue weighted by molar-refractivity contribution is 7.15. The van der Waals surface area contributed by atoms with Gasteiger partial charge in [0, 0.05) is 72.2 Å². The highest BCUT2D eigenvalue weighted by Gasteiger charge is 2.41. The molecule has 266 valence electrons. The molecule has 0 spiro atoms. The molecule has 6 aromatic rings. The lowest BCUT2D eigenvalue weighted by Crippen LogP contribution is -2.53. The molecule has 0 bridgehead atoms. The van der Waals surface area contributed by atoms with Gasteiger partial charge in [-0.25, -0.2) is 9.97 Å². The van der Waals surface area contributed by atoms with Crippen LogP contribution in [0.25, 0.3) is 27.3 Å². The number of aromatic nitrogens is 5. The first-order valence-corrected chi connectivity index (χ1v) is 18.9. The second-order valence-corrected chi connectivity index (χ2v) is 15.4. The first-order chi connectivity index (χ1) is 25.2. The van der Waals surface area contributed by atoms with Crippen LogP contribution in [-0.4, -0.2) is 76.7 Å². The smallest absolute Gasteiger partial charge is 0.262 e. The molecule has 6 heterocycles. The minimum Gasteiger partial charge on any atom is -0.388 e. The van der Waals surface area contributed by atoms with Gasteiger partial charge in [0.15, 0.2) is 5.65 Å². The third-order valence-electron chi connectivity index (χ3n) is 10.8. The molecule has 52 heavy (non-hydrogen) atoms. The van der Waals surface area contributed by atoms with Crippen molar-refractivity contribution < 1.29 is 9.90 Å². The molecule has 2 saturated heterocycles. The van der Waals surface area contributed by atoms with Gasteiger partial charge in [0.05, 0.1) is 23.2 Å². The number of piperidine rings is 2. The van der Waals surface area contributed by atoms with Gasteiger partial charge in [0.2, 0.25) is 5.91 Å². The van der Waals surface area contributed by atoms with Gasteiger partial charge in [-0.2, -0.15) is 0 Å². The van der Waals surface area contributed by atoms with Gasteiger partial charge in [0.25, 0.3) is 5.56 Å². The minimum atomic E-state index is -1.11. The van der Waals surface area contributed by atoms with E-state index in [0.29, 0.717) is 37.0 Å². The topological polar surface area (TPSA) is 109 Å². The van der Waals surface area contributed by atoms with Crippen molar-refractivity contribution in [3.63, 3.8) is 0 Å². The number of nitrogens with zero attached hydrogens (tertiary/aromatic N) is 7. The van der Waals surface area contributed by atoms with E-state index in [2.05, 4.69) is 52.1 Å². The lowest BCUT2D eigenvalue weighted by Gasteiger charge is -2.43. The summed E-state index contributed by atoms with van der Waals surface area (Å²) in [6, 6.07) is 26.1. The molecule has 8 rings (SSSR count). The van der Waals surface area contributed by atoms with Crippen molar-refractivity contribution in [1.29, 1.82) is 0 Å². The quantitative estimate of drug-likeness (QED) is 0.207. The van der Waals surface area contributed by atoms with Crippen LogP contribution in [0.4, 0.5) is 0 Å². The summed E-state index contributed by atoms with van der Waals surface area (Å²) in [5.41, 5.74) is 4.47. The normalized spacial score (nSPS) is 19.2. The van der Waals surface area contributed by atoms with E-state index in [0.717, 1.165) is 53.7 Å². The van der Waals surface area contributed by atoms with E-state index in [1.807, 2.05) is 71.2 Å². The van der Waals surface area contributed by atoms with Crippen LogP contribution in [0.5, 0.6) is 0 Å². The summed E-state index contributed by atoms with van der Waals surface area (Å²) in [5.74, 6) is 0.0579. The van der Waals surface area contributed by atoms with Crippen LogP contribution >= 0.6 is 11.3 Å². The Balaban J connectivity index is 0.938. The van der Waals surface area contributed by atoms with E-state index in [4.69, 9.17) is 4.98 Å². The number of aliphatic hydroxyl groups is 1. The predicted octanol–water partition coefficient (Wildman–Crippen LogP) is 5.98. The zero-order valence-electron chi connectivity index (χ0n) is 29.6. The van der Waals surface area contributed by atoms with Gasteiger partial charge in [-0.1, -0.05) is 48.5 Å². The molecule has 10 nitrogen and oxygen atoms in total. The summed E-state index contributed by atoms with van der Waals surface area (Å²) in [6.45, 7) is 7.48. The van der Waals surface area contributed by atoms with E-state index >= 15 is 0 Å². The van der Waals surface area contributed by atoms with Crippen molar-refractivity contribution in [1.82, 2.24) is 33.9 Å². The lowest BCUT2D eigenvalue weighted by atomic mass is 9.79. The summed E-state index contributed by atoms with van der Waals surface area (Å²) in [4.78, 5) is 47.4. The Morgan fingerprint density at radius 1 is 0.942 bits per heavy atom. The molecule has 2 aromatic carbocycles. The molecule has 0 radical (unpaired) electrons. The van der Waals surface area contributed by atoms with E-state index in [1.165, 1.54) is 21.3 Å². The Kier molecular flexibility index (Phi) is 9.33. The third kappa shape index (κ3) is 6.83. The van der Waals surface area contributed by atoms with Crippen LogP contribution in [0.3, 0.4) is 0 Å². The van der Waals surface area contributed by atoms with E-state index < -0.39 is 5.60 Å². The Hall–Kier alpha value is -4.97. The van der Waals surface area contributed by atoms with Gasteiger partial charge < -0.3 is 14.6 Å². The van der Waals surface area contributed by atoms with Crippen molar-refractivity contribution in [2.75, 3.05) is 26.2 Å². The van der Waals surface area contributed by atoms with Crippen LogP contribution in [-0.2, 0) is 17.9 Å². The fourth-order valence-corrected chi connectivity index (χ4v) is 8.90. The van der Waals surface area contributed by atoms with Crippen molar-refractivity contribution in [3.05, 3.63) is 130 Å². The van der Waals surface area contributed by atoms with Crippen molar-refractivity contribution in [3.8, 4) is 16.3 Å². The summed E-state index contributed by atoms with van der Waals surface area (Å²) in [5, 5.41) is 13.2. The molecule has 4 aromatic heterocycles. The summed E-state index contributed by atoms with van der Waals surface area (Å²) < 4.78 is 3.41. The number of hydrogen-bond donors (Lipinski definition) is 1. The zero-order chi connectivity index (χ0) is 35.8. The number of pyridine rings is 1. The van der Waals surface area contributed by atoms with Crippen LogP contribution in [0.1, 0.15) is 47.0 Å². The Morgan fingerprint density at radius 2 is 1.69 bits per heavy atom. The number of amides is 1. The monoisotopic (exact) mass is 713 g/mol. The average Bonchev–Trinajstić information content (AvgIpc) is 3.77. The number of hydrogen-bond acceptors (Lipinski definition) is 8. The SMILES string of the molecule is Cc1ccc(-c2nc(C)c(CN3CC[C@@H](C(=O)N4CCC(O)(Cn5cnc6c(ccn6-c6ccccc6)c5=O)CC4)[C@H](c4ccccc4)C3)s2)cn1. The second kappa shape index (κ2) is 14.2. The van der Waals surface area contributed by atoms with Gasteiger partial charge >= 0.3 is 0 Å². The number of thiazole rings is 1. The minimum absolute atomic E-state index is 0.0526. The average molecular weight is 714 g/mol. The molecule has 1 N–H and O–H groups in total. The first kappa shape index (κ1) is 34.1. The third-order valence-corrected chi connectivity index (χ3v) is 12.0. The molecule has 2 aliphatic rings. The molecule has 2 fully saturated rings. The van der Waals surface area contributed by atoms with Gasteiger partial charge in [-0.3, -0.25) is 24.0 Å². The van der Waals surface area contributed by atoms with Crippen LogP contribution in [0.15, 0.2) is 102 Å². The number of fused-ring (bicyclic) bond motifs is 1. The van der Waals surface area contributed by atoms with Gasteiger partial charge in [-0.15, -0.1) is 11.3 Å². The lowest BCUT2D eigenvalue weighted by molar-refractivity contribution is -0.142. The predicted molar refractivity (Wildman–Crippen MR) is 203 cm³/mol. The standard InChI is InChI=1S/C41H43N7O3S/c1-28-13-14-31(23-42-28)38-44-29(2)36(52-38)25-45-19-15-33(35(24-45)30-9-5-3-6-10-30)39(49)46-21-17-41(51,18-22-46)26-47-27-43-37-34(40(47)50)16-20-48(37)32-11-7-4-8-12-32/h3-14,16,20,23,27,33,35,51H,15,17-19,21-22,24-26H2,1-2H3/t33-,35+/m1/s1. The van der Waals surface area contributed by atoms with Crippen molar-refractivity contribution in [2.45, 2.75) is 57.7 Å². The van der Waals surface area contributed by atoms with Crippen molar-refractivity contribution in [2.24, 2.45) is 5.92 Å².